The fraction of sp³-hybridized carbons (Fsp3) is 0.700. The van der Waals surface area contributed by atoms with Crippen molar-refractivity contribution in [3.63, 3.8) is 0 Å². The number of hydrogen-bond acceptors (Lipinski definition) is 2. The van der Waals surface area contributed by atoms with Crippen molar-refractivity contribution < 1.29 is 9.53 Å². The van der Waals surface area contributed by atoms with Crippen LogP contribution in [0.2, 0.25) is 0 Å². The van der Waals surface area contributed by atoms with Crippen LogP contribution in [0.15, 0.2) is 12.8 Å². The summed E-state index contributed by atoms with van der Waals surface area (Å²) in [7, 11) is 0. The standard InChI is InChI=1S/C10H18O2/c1-4-7-8-9(5-2)10(11)12-6-3/h6,9H,3-5,7-8H2,1-2H3. The predicted molar refractivity (Wildman–Crippen MR) is 49.6 cm³/mol. The van der Waals surface area contributed by atoms with Gasteiger partial charge in [-0.25, -0.2) is 0 Å². The van der Waals surface area contributed by atoms with Crippen LogP contribution < -0.4 is 0 Å². The average Bonchev–Trinajstić information content (AvgIpc) is 2.06. The maximum absolute atomic E-state index is 11.2. The Morgan fingerprint density at radius 2 is 2.25 bits per heavy atom. The lowest BCUT2D eigenvalue weighted by atomic mass is 10.00. The molecule has 12 heavy (non-hydrogen) atoms. The number of carbonyl (C=O) groups is 1. The molecule has 0 amide bonds. The molecule has 0 aliphatic carbocycles. The molecule has 0 aromatic rings. The summed E-state index contributed by atoms with van der Waals surface area (Å²) in [6, 6.07) is 0. The number of unbranched alkanes of at least 4 members (excludes halogenated alkanes) is 1. The number of hydrogen-bond donors (Lipinski definition) is 0. The summed E-state index contributed by atoms with van der Waals surface area (Å²) in [5.41, 5.74) is 0. The van der Waals surface area contributed by atoms with E-state index < -0.39 is 0 Å². The third-order valence-corrected chi connectivity index (χ3v) is 1.93. The molecular weight excluding hydrogens is 152 g/mol. The first kappa shape index (κ1) is 11.2. The number of ether oxygens (including phenoxy) is 1. The van der Waals surface area contributed by atoms with Gasteiger partial charge in [0.1, 0.15) is 0 Å². The molecule has 70 valence electrons. The van der Waals surface area contributed by atoms with Crippen LogP contribution in [-0.4, -0.2) is 5.97 Å². The van der Waals surface area contributed by atoms with Gasteiger partial charge < -0.3 is 4.74 Å². The zero-order valence-electron chi connectivity index (χ0n) is 8.01. The van der Waals surface area contributed by atoms with Crippen LogP contribution >= 0.6 is 0 Å². The molecule has 1 atom stereocenters. The summed E-state index contributed by atoms with van der Waals surface area (Å²) in [5, 5.41) is 0. The number of carbonyl (C=O) groups excluding carboxylic acids is 1. The van der Waals surface area contributed by atoms with Gasteiger partial charge in [0, 0.05) is 0 Å². The molecule has 0 spiro atoms. The predicted octanol–water partition coefficient (Wildman–Crippen LogP) is 2.89. The molecule has 0 aliphatic rings. The molecule has 0 saturated heterocycles. The summed E-state index contributed by atoms with van der Waals surface area (Å²) in [5.74, 6) is -0.0797. The van der Waals surface area contributed by atoms with Crippen LogP contribution in [0.5, 0.6) is 0 Å². The largest absolute Gasteiger partial charge is 0.435 e. The summed E-state index contributed by atoms with van der Waals surface area (Å²) in [4.78, 5) is 11.2. The van der Waals surface area contributed by atoms with Crippen molar-refractivity contribution in [2.45, 2.75) is 39.5 Å². The second kappa shape index (κ2) is 6.89. The second-order valence-electron chi connectivity index (χ2n) is 2.85. The van der Waals surface area contributed by atoms with Gasteiger partial charge in [-0.3, -0.25) is 4.79 Å². The highest BCUT2D eigenvalue weighted by Crippen LogP contribution is 2.14. The topological polar surface area (TPSA) is 26.3 Å². The van der Waals surface area contributed by atoms with E-state index in [0.29, 0.717) is 0 Å². The third kappa shape index (κ3) is 4.16. The van der Waals surface area contributed by atoms with Crippen molar-refractivity contribution in [2.24, 2.45) is 5.92 Å². The van der Waals surface area contributed by atoms with Gasteiger partial charge in [0.15, 0.2) is 0 Å². The van der Waals surface area contributed by atoms with Crippen molar-refractivity contribution in [2.75, 3.05) is 0 Å². The SMILES string of the molecule is C=COC(=O)C(CC)CCCC. The lowest BCUT2D eigenvalue weighted by Gasteiger charge is -2.10. The zero-order chi connectivity index (χ0) is 9.40. The fourth-order valence-corrected chi connectivity index (χ4v) is 1.12. The zero-order valence-corrected chi connectivity index (χ0v) is 8.01. The Morgan fingerprint density at radius 1 is 1.58 bits per heavy atom. The molecule has 0 N–H and O–H groups in total. The Kier molecular flexibility index (Phi) is 6.44. The van der Waals surface area contributed by atoms with E-state index in [4.69, 9.17) is 4.74 Å². The normalized spacial score (nSPS) is 12.2. The lowest BCUT2D eigenvalue weighted by Crippen LogP contribution is -2.14. The van der Waals surface area contributed by atoms with E-state index in [2.05, 4.69) is 13.5 Å². The Labute approximate surface area is 74.6 Å². The smallest absolute Gasteiger partial charge is 0.313 e. The first-order valence-electron chi connectivity index (χ1n) is 4.57. The fourth-order valence-electron chi connectivity index (χ4n) is 1.12. The molecule has 1 unspecified atom stereocenters. The van der Waals surface area contributed by atoms with Crippen LogP contribution in [0.25, 0.3) is 0 Å². The molecule has 0 aromatic heterocycles. The van der Waals surface area contributed by atoms with Gasteiger partial charge in [0.05, 0.1) is 12.2 Å². The summed E-state index contributed by atoms with van der Waals surface area (Å²) < 4.78 is 4.72. The van der Waals surface area contributed by atoms with Gasteiger partial charge in [0.2, 0.25) is 0 Å². The van der Waals surface area contributed by atoms with Gasteiger partial charge in [0.25, 0.3) is 0 Å². The molecule has 0 saturated carbocycles. The molecule has 0 aliphatic heterocycles. The maximum Gasteiger partial charge on any atom is 0.313 e. The molecular formula is C10H18O2. The second-order valence-corrected chi connectivity index (χ2v) is 2.85. The highest BCUT2D eigenvalue weighted by molar-refractivity contribution is 5.72. The van der Waals surface area contributed by atoms with E-state index >= 15 is 0 Å². The summed E-state index contributed by atoms with van der Waals surface area (Å²) in [6.07, 6.45) is 5.20. The van der Waals surface area contributed by atoms with Gasteiger partial charge in [-0.15, -0.1) is 0 Å². The molecule has 0 radical (unpaired) electrons. The third-order valence-electron chi connectivity index (χ3n) is 1.93. The van der Waals surface area contributed by atoms with Gasteiger partial charge >= 0.3 is 5.97 Å². The molecule has 2 nitrogen and oxygen atoms in total. The van der Waals surface area contributed by atoms with E-state index in [1.165, 1.54) is 6.26 Å². The van der Waals surface area contributed by atoms with Crippen molar-refractivity contribution in [3.05, 3.63) is 12.8 Å². The monoisotopic (exact) mass is 170 g/mol. The van der Waals surface area contributed by atoms with Crippen LogP contribution in [0.3, 0.4) is 0 Å². The highest BCUT2D eigenvalue weighted by Gasteiger charge is 2.15. The first-order valence-corrected chi connectivity index (χ1v) is 4.57. The Morgan fingerprint density at radius 3 is 2.67 bits per heavy atom. The van der Waals surface area contributed by atoms with E-state index in [0.717, 1.165) is 25.7 Å². The van der Waals surface area contributed by atoms with Crippen LogP contribution in [0, 0.1) is 5.92 Å². The number of rotatable bonds is 6. The van der Waals surface area contributed by atoms with Crippen LogP contribution in [0.4, 0.5) is 0 Å². The van der Waals surface area contributed by atoms with Gasteiger partial charge in [-0.05, 0) is 12.8 Å². The Balaban J connectivity index is 3.78. The van der Waals surface area contributed by atoms with Gasteiger partial charge in [-0.1, -0.05) is 33.3 Å². The minimum absolute atomic E-state index is 0.0583. The first-order chi connectivity index (χ1) is 5.76. The van der Waals surface area contributed by atoms with E-state index in [1.807, 2.05) is 6.92 Å². The van der Waals surface area contributed by atoms with Crippen LogP contribution in [-0.2, 0) is 9.53 Å². The van der Waals surface area contributed by atoms with Gasteiger partial charge in [-0.2, -0.15) is 0 Å². The Bertz CT molecular complexity index is 141. The molecule has 0 heterocycles. The van der Waals surface area contributed by atoms with Crippen molar-refractivity contribution in [1.82, 2.24) is 0 Å². The number of esters is 1. The summed E-state index contributed by atoms with van der Waals surface area (Å²) in [6.45, 7) is 7.48. The van der Waals surface area contributed by atoms with Crippen molar-refractivity contribution in [1.29, 1.82) is 0 Å². The lowest BCUT2D eigenvalue weighted by molar-refractivity contribution is -0.143. The minimum atomic E-state index is -0.138. The molecule has 2 heteroatoms. The molecule has 0 bridgehead atoms. The molecule has 0 aromatic carbocycles. The van der Waals surface area contributed by atoms with E-state index in [-0.39, 0.29) is 11.9 Å². The minimum Gasteiger partial charge on any atom is -0.435 e. The average molecular weight is 170 g/mol. The van der Waals surface area contributed by atoms with E-state index in [9.17, 15) is 4.79 Å². The van der Waals surface area contributed by atoms with E-state index in [1.54, 1.807) is 0 Å². The maximum atomic E-state index is 11.2. The summed E-state index contributed by atoms with van der Waals surface area (Å²) >= 11 is 0. The van der Waals surface area contributed by atoms with Crippen molar-refractivity contribution >= 4 is 5.97 Å². The van der Waals surface area contributed by atoms with Crippen LogP contribution in [0.1, 0.15) is 39.5 Å². The Hall–Kier alpha value is -0.790. The molecule has 0 fully saturated rings. The quantitative estimate of drug-likeness (QED) is 0.452. The van der Waals surface area contributed by atoms with Crippen molar-refractivity contribution in [3.8, 4) is 0 Å². The highest BCUT2D eigenvalue weighted by atomic mass is 16.5. The molecule has 0 rings (SSSR count).